The molecule has 4 nitrogen and oxygen atoms in total. The molecule has 1 unspecified atom stereocenters. The number of ether oxygens (including phenoxy) is 1. The van der Waals surface area contributed by atoms with Crippen LogP contribution in [0.4, 0.5) is 0 Å². The molecule has 0 spiro atoms. The number of hydrogen-bond donors (Lipinski definition) is 0. The van der Waals surface area contributed by atoms with Crippen molar-refractivity contribution in [2.45, 2.75) is 45.6 Å². The van der Waals surface area contributed by atoms with Crippen LogP contribution >= 0.6 is 0 Å². The quantitative estimate of drug-likeness (QED) is 0.785. The Bertz CT molecular complexity index is 359. The Kier molecular flexibility index (Phi) is 3.72. The van der Waals surface area contributed by atoms with E-state index in [-0.39, 0.29) is 6.10 Å². The molecule has 2 rings (SSSR count). The lowest BCUT2D eigenvalue weighted by molar-refractivity contribution is 0.103. The van der Waals surface area contributed by atoms with Gasteiger partial charge in [0.1, 0.15) is 6.10 Å². The molecule has 0 N–H and O–H groups in total. The first-order valence-corrected chi connectivity index (χ1v) is 5.98. The van der Waals surface area contributed by atoms with Crippen LogP contribution in [0.2, 0.25) is 0 Å². The Balaban J connectivity index is 2.09. The van der Waals surface area contributed by atoms with Crippen LogP contribution in [-0.2, 0) is 4.74 Å². The van der Waals surface area contributed by atoms with Crippen LogP contribution in [0, 0.1) is 0 Å². The van der Waals surface area contributed by atoms with Gasteiger partial charge in [-0.15, -0.1) is 0 Å². The molecule has 4 heteroatoms. The van der Waals surface area contributed by atoms with Gasteiger partial charge in [0.05, 0.1) is 0 Å². The van der Waals surface area contributed by atoms with Crippen LogP contribution in [0.25, 0.3) is 6.08 Å². The number of nitrogens with zero attached hydrogens (tertiary/aromatic N) is 2. The van der Waals surface area contributed by atoms with Gasteiger partial charge in [0.15, 0.2) is 0 Å². The minimum absolute atomic E-state index is 0.0394. The molecule has 16 heavy (non-hydrogen) atoms. The maximum atomic E-state index is 5.50. The number of rotatable bonds is 4. The second-order valence-corrected chi connectivity index (χ2v) is 4.00. The van der Waals surface area contributed by atoms with Crippen LogP contribution in [-0.4, -0.2) is 16.7 Å². The molecule has 1 aromatic heterocycles. The smallest absolute Gasteiger partial charge is 0.250 e. The molecule has 88 valence electrons. The summed E-state index contributed by atoms with van der Waals surface area (Å²) < 4.78 is 10.7. The molecule has 1 aliphatic rings. The normalized spacial score (nSPS) is 20.0. The van der Waals surface area contributed by atoms with E-state index in [0.717, 1.165) is 32.3 Å². The van der Waals surface area contributed by atoms with E-state index in [0.29, 0.717) is 11.7 Å². The van der Waals surface area contributed by atoms with Crippen molar-refractivity contribution < 1.29 is 9.26 Å². The zero-order valence-corrected chi connectivity index (χ0v) is 9.90. The molecule has 0 saturated carbocycles. The molecule has 2 heterocycles. The van der Waals surface area contributed by atoms with Gasteiger partial charge in [-0.3, -0.25) is 0 Å². The average molecular weight is 222 g/mol. The minimum atomic E-state index is 0.0394. The Morgan fingerprint density at radius 1 is 1.44 bits per heavy atom. The van der Waals surface area contributed by atoms with Crippen molar-refractivity contribution in [1.29, 1.82) is 0 Å². The van der Waals surface area contributed by atoms with Crippen LogP contribution in [0.3, 0.4) is 0 Å². The lowest BCUT2D eigenvalue weighted by atomic mass is 10.1. The van der Waals surface area contributed by atoms with Crippen molar-refractivity contribution in [3.63, 3.8) is 0 Å². The van der Waals surface area contributed by atoms with E-state index in [1.165, 1.54) is 5.57 Å². The van der Waals surface area contributed by atoms with Gasteiger partial charge in [-0.1, -0.05) is 24.6 Å². The summed E-state index contributed by atoms with van der Waals surface area (Å²) in [6.45, 7) is 5.07. The maximum absolute atomic E-state index is 5.50. The van der Waals surface area contributed by atoms with Crippen molar-refractivity contribution in [2.24, 2.45) is 0 Å². The summed E-state index contributed by atoms with van der Waals surface area (Å²) in [4.78, 5) is 4.35. The third-order valence-electron chi connectivity index (χ3n) is 2.91. The van der Waals surface area contributed by atoms with Gasteiger partial charge in [-0.05, 0) is 25.7 Å². The number of hydrogen-bond acceptors (Lipinski definition) is 4. The zero-order chi connectivity index (χ0) is 11.4. The van der Waals surface area contributed by atoms with Crippen LogP contribution < -0.4 is 0 Å². The fourth-order valence-electron chi connectivity index (χ4n) is 1.85. The number of allylic oxidation sites excluding steroid dienone is 1. The highest BCUT2D eigenvalue weighted by atomic mass is 16.5. The maximum Gasteiger partial charge on any atom is 0.250 e. The zero-order valence-electron chi connectivity index (χ0n) is 9.90. The van der Waals surface area contributed by atoms with E-state index in [4.69, 9.17) is 9.26 Å². The summed E-state index contributed by atoms with van der Waals surface area (Å²) in [7, 11) is 0. The lowest BCUT2D eigenvalue weighted by Crippen LogP contribution is -1.97. The molecule has 0 aliphatic carbocycles. The summed E-state index contributed by atoms with van der Waals surface area (Å²) in [5, 5.41) is 3.96. The highest BCUT2D eigenvalue weighted by molar-refractivity contribution is 5.42. The van der Waals surface area contributed by atoms with Crippen molar-refractivity contribution in [1.82, 2.24) is 10.1 Å². The predicted octanol–water partition coefficient (Wildman–Crippen LogP) is 3.12. The summed E-state index contributed by atoms with van der Waals surface area (Å²) in [6.07, 6.45) is 6.14. The lowest BCUT2D eigenvalue weighted by Gasteiger charge is -2.00. The van der Waals surface area contributed by atoms with E-state index in [1.54, 1.807) is 0 Å². The van der Waals surface area contributed by atoms with Crippen molar-refractivity contribution >= 4 is 6.08 Å². The first kappa shape index (κ1) is 11.3. The third-order valence-corrected chi connectivity index (χ3v) is 2.91. The molecule has 1 saturated heterocycles. The first-order chi connectivity index (χ1) is 7.83. The Labute approximate surface area is 95.7 Å². The highest BCUT2D eigenvalue weighted by Crippen LogP contribution is 2.26. The fourth-order valence-corrected chi connectivity index (χ4v) is 1.85. The van der Waals surface area contributed by atoms with E-state index in [2.05, 4.69) is 24.0 Å². The molecule has 1 atom stereocenters. The molecule has 1 aromatic rings. The van der Waals surface area contributed by atoms with E-state index in [9.17, 15) is 0 Å². The highest BCUT2D eigenvalue weighted by Gasteiger charge is 2.22. The molecule has 1 fully saturated rings. The second kappa shape index (κ2) is 5.25. The summed E-state index contributed by atoms with van der Waals surface area (Å²) in [6, 6.07) is 0. The Morgan fingerprint density at radius 2 is 2.25 bits per heavy atom. The Morgan fingerprint density at radius 3 is 2.88 bits per heavy atom. The van der Waals surface area contributed by atoms with Gasteiger partial charge < -0.3 is 9.26 Å². The standard InChI is InChI=1S/C12H18N2O2/c1-3-9(4-2)8-11-13-12(14-16-11)10-6-5-7-15-10/h8,10H,3-7H2,1-2H3. The topological polar surface area (TPSA) is 48.2 Å². The Hall–Kier alpha value is -1.16. The van der Waals surface area contributed by atoms with Gasteiger partial charge in [0, 0.05) is 12.7 Å². The van der Waals surface area contributed by atoms with Gasteiger partial charge >= 0.3 is 0 Å². The molecule has 0 radical (unpaired) electrons. The monoisotopic (exact) mass is 222 g/mol. The predicted molar refractivity (Wildman–Crippen MR) is 60.8 cm³/mol. The molecular formula is C12H18N2O2. The van der Waals surface area contributed by atoms with Crippen LogP contribution in [0.15, 0.2) is 10.1 Å². The molecule has 0 aromatic carbocycles. The number of aromatic nitrogens is 2. The minimum Gasteiger partial charge on any atom is -0.370 e. The van der Waals surface area contributed by atoms with E-state index < -0.39 is 0 Å². The van der Waals surface area contributed by atoms with Crippen LogP contribution in [0.1, 0.15) is 57.3 Å². The van der Waals surface area contributed by atoms with Crippen molar-refractivity contribution in [3.05, 3.63) is 17.3 Å². The largest absolute Gasteiger partial charge is 0.370 e. The van der Waals surface area contributed by atoms with Gasteiger partial charge in [0.25, 0.3) is 5.89 Å². The van der Waals surface area contributed by atoms with Gasteiger partial charge in [-0.2, -0.15) is 4.98 Å². The molecule has 0 amide bonds. The molecular weight excluding hydrogens is 204 g/mol. The van der Waals surface area contributed by atoms with Crippen LogP contribution in [0.5, 0.6) is 0 Å². The van der Waals surface area contributed by atoms with E-state index >= 15 is 0 Å². The second-order valence-electron chi connectivity index (χ2n) is 4.00. The first-order valence-electron chi connectivity index (χ1n) is 5.98. The molecule has 1 aliphatic heterocycles. The van der Waals surface area contributed by atoms with E-state index in [1.807, 2.05) is 6.08 Å². The van der Waals surface area contributed by atoms with Gasteiger partial charge in [0.2, 0.25) is 5.82 Å². The summed E-state index contributed by atoms with van der Waals surface area (Å²) >= 11 is 0. The third kappa shape index (κ3) is 2.50. The summed E-state index contributed by atoms with van der Waals surface area (Å²) in [5.41, 5.74) is 1.32. The molecule has 0 bridgehead atoms. The van der Waals surface area contributed by atoms with Crippen molar-refractivity contribution in [3.8, 4) is 0 Å². The average Bonchev–Trinajstić information content (AvgIpc) is 2.96. The SMILES string of the molecule is CCC(=Cc1nc(C2CCCO2)no1)CC. The van der Waals surface area contributed by atoms with Crippen molar-refractivity contribution in [2.75, 3.05) is 6.61 Å². The van der Waals surface area contributed by atoms with Gasteiger partial charge in [-0.25, -0.2) is 0 Å². The summed E-state index contributed by atoms with van der Waals surface area (Å²) in [5.74, 6) is 1.29. The fraction of sp³-hybridized carbons (Fsp3) is 0.667.